The number of nitrogens with zero attached hydrogens (tertiary/aromatic N) is 4. The van der Waals surface area contributed by atoms with Crippen LogP contribution in [0.1, 0.15) is 11.4 Å². The quantitative estimate of drug-likeness (QED) is 0.374. The van der Waals surface area contributed by atoms with Crippen molar-refractivity contribution in [3.63, 3.8) is 0 Å². The van der Waals surface area contributed by atoms with Gasteiger partial charge in [-0.25, -0.2) is 9.97 Å². The molecule has 0 spiro atoms. The first-order valence-corrected chi connectivity index (χ1v) is 6.69. The molecule has 0 fully saturated rings. The maximum Gasteiger partial charge on any atom is 0.322 e. The van der Waals surface area contributed by atoms with Crippen LogP contribution >= 0.6 is 11.8 Å². The fourth-order valence-corrected chi connectivity index (χ4v) is 2.60. The van der Waals surface area contributed by atoms with E-state index in [0.717, 1.165) is 11.8 Å². The summed E-state index contributed by atoms with van der Waals surface area (Å²) in [5.74, 6) is 0.260. The molecule has 0 bridgehead atoms. The Kier molecular flexibility index (Phi) is 4.17. The lowest BCUT2D eigenvalue weighted by Gasteiger charge is -2.06. The van der Waals surface area contributed by atoms with Gasteiger partial charge in [0.05, 0.1) is 4.92 Å². The zero-order valence-electron chi connectivity index (χ0n) is 11.5. The van der Waals surface area contributed by atoms with Gasteiger partial charge in [-0.2, -0.15) is 4.98 Å². The van der Waals surface area contributed by atoms with Gasteiger partial charge in [0.15, 0.2) is 10.2 Å². The molecule has 2 rings (SSSR count). The van der Waals surface area contributed by atoms with Gasteiger partial charge in [0.25, 0.3) is 5.56 Å². The van der Waals surface area contributed by atoms with E-state index < -0.39 is 4.92 Å². The molecule has 0 radical (unpaired) electrons. The van der Waals surface area contributed by atoms with Crippen LogP contribution in [0.5, 0.6) is 0 Å². The van der Waals surface area contributed by atoms with Crippen LogP contribution in [-0.2, 0) is 0 Å². The Labute approximate surface area is 123 Å². The molecule has 0 aromatic carbocycles. The van der Waals surface area contributed by atoms with Crippen molar-refractivity contribution in [3.05, 3.63) is 37.9 Å². The normalized spacial score (nSPS) is 10.4. The summed E-state index contributed by atoms with van der Waals surface area (Å²) in [6.45, 7) is 3.19. The van der Waals surface area contributed by atoms with Gasteiger partial charge in [-0.15, -0.1) is 0 Å². The van der Waals surface area contributed by atoms with Crippen molar-refractivity contribution in [3.8, 4) is 0 Å². The third kappa shape index (κ3) is 3.34. The largest absolute Gasteiger partial charge is 0.357 e. The average Bonchev–Trinajstić information content (AvgIpc) is 2.36. The Balaban J connectivity index is 2.53. The Hall–Kier alpha value is -2.49. The van der Waals surface area contributed by atoms with Crippen LogP contribution in [0, 0.1) is 24.0 Å². The number of rotatable bonds is 4. The van der Waals surface area contributed by atoms with Crippen LogP contribution in [0.3, 0.4) is 0 Å². The van der Waals surface area contributed by atoms with Gasteiger partial charge in [0.2, 0.25) is 5.95 Å². The van der Waals surface area contributed by atoms with Gasteiger partial charge in [-0.1, -0.05) is 0 Å². The first kappa shape index (κ1) is 14.9. The summed E-state index contributed by atoms with van der Waals surface area (Å²) in [6, 6.07) is 1.34. The Morgan fingerprint density at radius 1 is 1.33 bits per heavy atom. The van der Waals surface area contributed by atoms with E-state index in [-0.39, 0.29) is 33.1 Å². The van der Waals surface area contributed by atoms with Gasteiger partial charge < -0.3 is 10.3 Å². The second-order valence-corrected chi connectivity index (χ2v) is 5.07. The van der Waals surface area contributed by atoms with E-state index in [2.05, 4.69) is 25.3 Å². The number of aromatic amines is 1. The molecule has 0 aliphatic carbocycles. The van der Waals surface area contributed by atoms with Crippen molar-refractivity contribution in [1.82, 2.24) is 19.9 Å². The van der Waals surface area contributed by atoms with Gasteiger partial charge >= 0.3 is 5.69 Å². The highest BCUT2D eigenvalue weighted by molar-refractivity contribution is 7.99. The second kappa shape index (κ2) is 5.87. The minimum absolute atomic E-state index is 0.116. The van der Waals surface area contributed by atoms with Gasteiger partial charge in [0, 0.05) is 18.8 Å². The molecule has 10 heteroatoms. The lowest BCUT2D eigenvalue weighted by Crippen LogP contribution is -2.09. The number of aryl methyl sites for hydroxylation is 2. The first-order valence-electron chi connectivity index (χ1n) is 5.87. The van der Waals surface area contributed by atoms with Gasteiger partial charge in [-0.05, 0) is 25.6 Å². The molecule has 0 atom stereocenters. The Morgan fingerprint density at radius 2 is 2.05 bits per heavy atom. The number of anilines is 1. The molecule has 9 nitrogen and oxygen atoms in total. The molecule has 0 amide bonds. The van der Waals surface area contributed by atoms with Crippen molar-refractivity contribution >= 4 is 23.4 Å². The topological polar surface area (TPSA) is 127 Å². The smallest absolute Gasteiger partial charge is 0.322 e. The summed E-state index contributed by atoms with van der Waals surface area (Å²) >= 11 is 0.915. The highest BCUT2D eigenvalue weighted by Gasteiger charge is 2.23. The molecule has 0 unspecified atom stereocenters. The highest BCUT2D eigenvalue weighted by Crippen LogP contribution is 2.33. The van der Waals surface area contributed by atoms with Crippen LogP contribution < -0.4 is 10.9 Å². The highest BCUT2D eigenvalue weighted by atomic mass is 32.2. The minimum Gasteiger partial charge on any atom is -0.357 e. The monoisotopic (exact) mass is 308 g/mol. The second-order valence-electron chi connectivity index (χ2n) is 4.09. The number of aromatic nitrogens is 4. The van der Waals surface area contributed by atoms with Crippen LogP contribution in [0.25, 0.3) is 0 Å². The van der Waals surface area contributed by atoms with E-state index in [1.807, 2.05) is 0 Å². The van der Waals surface area contributed by atoms with Gasteiger partial charge in [0.1, 0.15) is 5.69 Å². The molecule has 21 heavy (non-hydrogen) atoms. The van der Waals surface area contributed by atoms with Crippen LogP contribution in [0.15, 0.2) is 21.0 Å². The SMILES string of the molecule is CNc1nc(C)c([N+](=O)[O-])c(Sc2nc(C)cc(=O)[nH]2)n1. The number of nitro groups is 1. The third-order valence-electron chi connectivity index (χ3n) is 2.47. The molecule has 0 saturated carbocycles. The molecule has 110 valence electrons. The molecule has 2 heterocycles. The predicted octanol–water partition coefficient (Wildman–Crippen LogP) is 1.28. The molecule has 0 aliphatic rings. The molecule has 0 saturated heterocycles. The van der Waals surface area contributed by atoms with Crippen molar-refractivity contribution in [1.29, 1.82) is 0 Å². The van der Waals surface area contributed by atoms with E-state index in [9.17, 15) is 14.9 Å². The molecule has 2 aromatic heterocycles. The third-order valence-corrected chi connectivity index (χ3v) is 3.34. The fourth-order valence-electron chi connectivity index (χ4n) is 1.63. The summed E-state index contributed by atoms with van der Waals surface area (Å²) in [7, 11) is 1.61. The van der Waals surface area contributed by atoms with Crippen molar-refractivity contribution in [2.45, 2.75) is 24.0 Å². The van der Waals surface area contributed by atoms with Crippen LogP contribution in [0.2, 0.25) is 0 Å². The molecule has 0 aliphatic heterocycles. The maximum atomic E-state index is 11.4. The van der Waals surface area contributed by atoms with E-state index in [0.29, 0.717) is 5.69 Å². The summed E-state index contributed by atoms with van der Waals surface area (Å²) in [5, 5.41) is 14.3. The maximum absolute atomic E-state index is 11.4. The minimum atomic E-state index is -0.551. The van der Waals surface area contributed by atoms with Crippen LogP contribution in [-0.4, -0.2) is 31.9 Å². The standard InChI is InChI=1S/C11H12N6O3S/c1-5-4-7(18)15-11(13-5)21-9-8(17(19)20)6(2)14-10(12-3)16-9/h4H,1-3H3,(H,12,14,16)(H,13,15,18). The molecular weight excluding hydrogens is 296 g/mol. The lowest BCUT2D eigenvalue weighted by atomic mass is 10.4. The zero-order chi connectivity index (χ0) is 15.6. The lowest BCUT2D eigenvalue weighted by molar-refractivity contribution is -0.389. The van der Waals surface area contributed by atoms with Crippen LogP contribution in [0.4, 0.5) is 11.6 Å². The molecular formula is C11H12N6O3S. The van der Waals surface area contributed by atoms with Crippen molar-refractivity contribution in [2.24, 2.45) is 0 Å². The van der Waals surface area contributed by atoms with E-state index >= 15 is 0 Å². The van der Waals surface area contributed by atoms with Crippen molar-refractivity contribution < 1.29 is 4.92 Å². The molecule has 2 N–H and O–H groups in total. The number of hydrogen-bond acceptors (Lipinski definition) is 8. The Morgan fingerprint density at radius 3 is 2.62 bits per heavy atom. The summed E-state index contributed by atoms with van der Waals surface area (Å²) in [4.78, 5) is 36.7. The fraction of sp³-hybridized carbons (Fsp3) is 0.273. The Bertz CT molecular complexity index is 760. The predicted molar refractivity (Wildman–Crippen MR) is 76.7 cm³/mol. The first-order chi connectivity index (χ1) is 9.90. The van der Waals surface area contributed by atoms with E-state index in [1.54, 1.807) is 14.0 Å². The number of hydrogen-bond donors (Lipinski definition) is 2. The van der Waals surface area contributed by atoms with E-state index in [4.69, 9.17) is 0 Å². The van der Waals surface area contributed by atoms with Crippen molar-refractivity contribution in [2.75, 3.05) is 12.4 Å². The molecule has 2 aromatic rings. The summed E-state index contributed by atoms with van der Waals surface area (Å²) in [6.07, 6.45) is 0. The zero-order valence-corrected chi connectivity index (χ0v) is 12.3. The number of nitrogens with one attached hydrogen (secondary N) is 2. The number of H-pyrrole nitrogens is 1. The summed E-state index contributed by atoms with van der Waals surface area (Å²) < 4.78 is 0. The van der Waals surface area contributed by atoms with Gasteiger partial charge in [-0.3, -0.25) is 14.9 Å². The van der Waals surface area contributed by atoms with E-state index in [1.165, 1.54) is 13.0 Å². The average molecular weight is 308 g/mol. The summed E-state index contributed by atoms with van der Waals surface area (Å²) in [5.41, 5.74) is 0.218.